The molecular weight excluding hydrogens is 606 g/mol. The fourth-order valence-corrected chi connectivity index (χ4v) is 5.69. The Morgan fingerprint density at radius 1 is 1.03 bits per heavy atom. The molecule has 0 atom stereocenters. The van der Waals surface area contributed by atoms with E-state index >= 15 is 0 Å². The van der Waals surface area contributed by atoms with Crippen LogP contribution in [0, 0.1) is 23.2 Å². The molecule has 0 aliphatic rings. The van der Waals surface area contributed by atoms with Crippen LogP contribution >= 0.6 is 22.6 Å². The molecule has 4 rings (SSSR count). The highest BCUT2D eigenvalue weighted by molar-refractivity contribution is 14.1. The van der Waals surface area contributed by atoms with Crippen LogP contribution in [0.5, 0.6) is 0 Å². The van der Waals surface area contributed by atoms with Gasteiger partial charge in [-0.3, -0.25) is 9.10 Å². The summed E-state index contributed by atoms with van der Waals surface area (Å²) < 4.78 is 44.0. The van der Waals surface area contributed by atoms with Gasteiger partial charge in [0.1, 0.15) is 12.4 Å². The molecule has 1 aromatic heterocycles. The van der Waals surface area contributed by atoms with Gasteiger partial charge >= 0.3 is 0 Å². The van der Waals surface area contributed by atoms with Gasteiger partial charge in [-0.2, -0.15) is 5.10 Å². The Hall–Kier alpha value is -3.51. The van der Waals surface area contributed by atoms with Crippen LogP contribution in [0.2, 0.25) is 0 Å². The van der Waals surface area contributed by atoms with E-state index in [1.807, 2.05) is 24.5 Å². The van der Waals surface area contributed by atoms with Gasteiger partial charge < -0.3 is 4.57 Å². The topological polar surface area (TPSA) is 83.8 Å². The molecule has 0 radical (unpaired) electrons. The average molecular weight is 630 g/mol. The Morgan fingerprint density at radius 3 is 2.32 bits per heavy atom. The van der Waals surface area contributed by atoms with Crippen LogP contribution in [0.3, 0.4) is 0 Å². The fraction of sp³-hybridized carbons (Fsp3) is 0.111. The lowest BCUT2D eigenvalue weighted by Crippen LogP contribution is -2.39. The van der Waals surface area contributed by atoms with Crippen molar-refractivity contribution in [2.75, 3.05) is 10.8 Å². The van der Waals surface area contributed by atoms with E-state index in [9.17, 15) is 17.6 Å². The van der Waals surface area contributed by atoms with Crippen molar-refractivity contribution in [1.82, 2.24) is 9.99 Å². The van der Waals surface area contributed by atoms with E-state index in [0.717, 1.165) is 30.5 Å². The summed E-state index contributed by atoms with van der Waals surface area (Å²) in [6, 6.07) is 22.9. The van der Waals surface area contributed by atoms with Crippen molar-refractivity contribution in [3.05, 3.63) is 111 Å². The van der Waals surface area contributed by atoms with Gasteiger partial charge in [0.25, 0.3) is 15.9 Å². The summed E-state index contributed by atoms with van der Waals surface area (Å²) in [5.74, 6) is -0.911. The number of nitrogens with zero attached hydrogens (tertiary/aromatic N) is 3. The maximum absolute atomic E-state index is 13.4. The van der Waals surface area contributed by atoms with Crippen LogP contribution in [-0.4, -0.2) is 31.7 Å². The van der Waals surface area contributed by atoms with Gasteiger partial charge in [-0.05, 0) is 103 Å². The first-order valence-corrected chi connectivity index (χ1v) is 13.8. The number of aryl methyl sites for hydroxylation is 1. The summed E-state index contributed by atoms with van der Waals surface area (Å²) in [5, 5.41) is 4.06. The van der Waals surface area contributed by atoms with Crippen LogP contribution in [-0.2, 0) is 14.8 Å². The van der Waals surface area contributed by atoms with E-state index in [0.29, 0.717) is 5.69 Å². The van der Waals surface area contributed by atoms with Crippen LogP contribution < -0.4 is 9.73 Å². The lowest BCUT2D eigenvalue weighted by molar-refractivity contribution is -0.119. The van der Waals surface area contributed by atoms with Crippen molar-refractivity contribution in [3.63, 3.8) is 0 Å². The Labute approximate surface area is 228 Å². The normalized spacial score (nSPS) is 11.6. The van der Waals surface area contributed by atoms with E-state index in [2.05, 4.69) is 33.1 Å². The van der Waals surface area contributed by atoms with E-state index in [1.54, 1.807) is 54.6 Å². The van der Waals surface area contributed by atoms with Crippen LogP contribution in [0.25, 0.3) is 5.69 Å². The Morgan fingerprint density at radius 2 is 1.68 bits per heavy atom. The summed E-state index contributed by atoms with van der Waals surface area (Å²) in [6.45, 7) is 3.36. The minimum Gasteiger partial charge on any atom is -0.318 e. The Kier molecular flexibility index (Phi) is 8.08. The number of hydrogen-bond donors (Lipinski definition) is 1. The van der Waals surface area contributed by atoms with Crippen molar-refractivity contribution in [1.29, 1.82) is 0 Å². The summed E-state index contributed by atoms with van der Waals surface area (Å²) in [4.78, 5) is 12.9. The highest BCUT2D eigenvalue weighted by Gasteiger charge is 2.27. The second-order valence-corrected chi connectivity index (χ2v) is 11.3. The van der Waals surface area contributed by atoms with Gasteiger partial charge in [0, 0.05) is 26.2 Å². The first-order valence-electron chi connectivity index (χ1n) is 11.3. The monoisotopic (exact) mass is 630 g/mol. The van der Waals surface area contributed by atoms with Gasteiger partial charge in [0.05, 0.1) is 16.8 Å². The summed E-state index contributed by atoms with van der Waals surface area (Å²) in [7, 11) is -3.99. The highest BCUT2D eigenvalue weighted by Crippen LogP contribution is 2.24. The maximum Gasteiger partial charge on any atom is 0.264 e. The van der Waals surface area contributed by atoms with E-state index in [1.165, 1.54) is 30.5 Å². The second kappa shape index (κ2) is 11.3. The number of anilines is 1. The lowest BCUT2D eigenvalue weighted by atomic mass is 10.2. The second-order valence-electron chi connectivity index (χ2n) is 8.23. The molecule has 1 N–H and O–H groups in total. The minimum absolute atomic E-state index is 0.0816. The molecule has 0 saturated carbocycles. The van der Waals surface area contributed by atoms with Gasteiger partial charge in [-0.1, -0.05) is 18.2 Å². The molecule has 0 aliphatic heterocycles. The number of carbonyl (C=O) groups excluding carboxylic acids is 1. The lowest BCUT2D eigenvalue weighted by Gasteiger charge is -2.23. The van der Waals surface area contributed by atoms with Crippen molar-refractivity contribution >= 4 is 50.4 Å². The van der Waals surface area contributed by atoms with Gasteiger partial charge in [0.15, 0.2) is 0 Å². The van der Waals surface area contributed by atoms with Crippen molar-refractivity contribution < 1.29 is 17.6 Å². The van der Waals surface area contributed by atoms with Crippen molar-refractivity contribution in [2.24, 2.45) is 5.10 Å². The molecule has 1 amide bonds. The van der Waals surface area contributed by atoms with E-state index in [4.69, 9.17) is 0 Å². The van der Waals surface area contributed by atoms with Crippen molar-refractivity contribution in [3.8, 4) is 5.69 Å². The number of nitrogens with one attached hydrogen (secondary N) is 1. The van der Waals surface area contributed by atoms with Crippen LogP contribution in [0.4, 0.5) is 10.1 Å². The molecule has 37 heavy (non-hydrogen) atoms. The Bertz CT molecular complexity index is 1540. The molecule has 4 aromatic rings. The first kappa shape index (κ1) is 26.6. The quantitative estimate of drug-likeness (QED) is 0.166. The third-order valence-electron chi connectivity index (χ3n) is 5.68. The van der Waals surface area contributed by atoms with Crippen LogP contribution in [0.1, 0.15) is 17.0 Å². The SMILES string of the molecule is Cc1cc(/C=N\NC(=O)CN(c2ccc(I)cc2)S(=O)(=O)c2ccccc2)c(C)n1-c1ccc(F)cc1. The van der Waals surface area contributed by atoms with Crippen molar-refractivity contribution in [2.45, 2.75) is 18.7 Å². The maximum atomic E-state index is 13.4. The molecular formula is C27H24FIN4O3S. The highest BCUT2D eigenvalue weighted by atomic mass is 127. The molecule has 0 saturated heterocycles. The molecule has 10 heteroatoms. The molecule has 0 spiro atoms. The standard InChI is InChI=1S/C27H24FIN4O3S/c1-19-16-21(20(2)33(19)25-12-8-22(28)9-13-25)17-30-31-27(34)18-32(24-14-10-23(29)11-15-24)37(35,36)26-6-4-3-5-7-26/h3-17H,18H2,1-2H3,(H,31,34)/b30-17-. The van der Waals surface area contributed by atoms with Gasteiger partial charge in [0.2, 0.25) is 0 Å². The number of hydrogen-bond acceptors (Lipinski definition) is 4. The minimum atomic E-state index is -3.99. The molecule has 7 nitrogen and oxygen atoms in total. The zero-order valence-electron chi connectivity index (χ0n) is 20.1. The number of rotatable bonds is 8. The average Bonchev–Trinajstić information content (AvgIpc) is 3.17. The third kappa shape index (κ3) is 6.08. The zero-order chi connectivity index (χ0) is 26.6. The fourth-order valence-electron chi connectivity index (χ4n) is 3.89. The molecule has 0 fully saturated rings. The van der Waals surface area contributed by atoms with Gasteiger partial charge in [-0.25, -0.2) is 18.2 Å². The number of amides is 1. The zero-order valence-corrected chi connectivity index (χ0v) is 23.1. The Balaban J connectivity index is 1.53. The van der Waals surface area contributed by atoms with Crippen LogP contribution in [0.15, 0.2) is 94.9 Å². The summed E-state index contributed by atoms with van der Waals surface area (Å²) in [6.07, 6.45) is 1.50. The smallest absolute Gasteiger partial charge is 0.264 e. The summed E-state index contributed by atoms with van der Waals surface area (Å²) in [5.41, 5.74) is 6.13. The molecule has 190 valence electrons. The first-order chi connectivity index (χ1) is 17.7. The predicted octanol–water partition coefficient (Wildman–Crippen LogP) is 5.18. The predicted molar refractivity (Wildman–Crippen MR) is 151 cm³/mol. The molecule has 3 aromatic carbocycles. The number of sulfonamides is 1. The number of halogens is 2. The molecule has 0 aliphatic carbocycles. The van der Waals surface area contributed by atoms with E-state index in [-0.39, 0.29) is 10.7 Å². The molecule has 1 heterocycles. The largest absolute Gasteiger partial charge is 0.318 e. The summed E-state index contributed by atoms with van der Waals surface area (Å²) >= 11 is 2.13. The van der Waals surface area contributed by atoms with Gasteiger partial charge in [-0.15, -0.1) is 0 Å². The molecule has 0 bridgehead atoms. The van der Waals surface area contributed by atoms with E-state index < -0.39 is 22.5 Å². The molecule has 0 unspecified atom stereocenters. The number of aromatic nitrogens is 1. The number of hydrazone groups is 1. The third-order valence-corrected chi connectivity index (χ3v) is 8.19. The number of benzene rings is 3. The number of carbonyl (C=O) groups is 1.